The summed E-state index contributed by atoms with van der Waals surface area (Å²) in [5.41, 5.74) is 2.32. The quantitative estimate of drug-likeness (QED) is 0.682. The molecule has 0 amide bonds. The first-order valence-electron chi connectivity index (χ1n) is 8.63. The van der Waals surface area contributed by atoms with E-state index >= 15 is 0 Å². The summed E-state index contributed by atoms with van der Waals surface area (Å²) in [7, 11) is 5.36. The minimum Gasteiger partial charge on any atom is -0.493 e. The highest BCUT2D eigenvalue weighted by atomic mass is 32.1. The van der Waals surface area contributed by atoms with Crippen molar-refractivity contribution in [1.29, 1.82) is 0 Å². The second-order valence-electron chi connectivity index (χ2n) is 6.36. The monoisotopic (exact) mass is 370 g/mol. The van der Waals surface area contributed by atoms with E-state index in [1.807, 2.05) is 13.1 Å². The maximum absolute atomic E-state index is 5.48. The van der Waals surface area contributed by atoms with E-state index in [0.717, 1.165) is 48.2 Å². The summed E-state index contributed by atoms with van der Waals surface area (Å²) in [6.45, 7) is 0.967. The van der Waals surface area contributed by atoms with Crippen LogP contribution in [0.25, 0.3) is 11.4 Å². The lowest BCUT2D eigenvalue weighted by Crippen LogP contribution is -2.25. The number of hydrogen-bond acceptors (Lipinski definition) is 6. The molecule has 0 saturated carbocycles. The largest absolute Gasteiger partial charge is 0.493 e. The van der Waals surface area contributed by atoms with Crippen LogP contribution < -0.4 is 14.4 Å². The van der Waals surface area contributed by atoms with E-state index in [1.165, 1.54) is 5.56 Å². The van der Waals surface area contributed by atoms with Gasteiger partial charge in [-0.1, -0.05) is 6.07 Å². The zero-order valence-corrected chi connectivity index (χ0v) is 16.0. The Hall–Kier alpha value is -2.54. The van der Waals surface area contributed by atoms with Gasteiger partial charge in [0, 0.05) is 24.5 Å². The molecule has 0 spiro atoms. The molecule has 0 aliphatic carbocycles. The molecule has 1 fully saturated rings. The smallest absolute Gasteiger partial charge is 0.227 e. The number of anilines is 1. The van der Waals surface area contributed by atoms with Crippen molar-refractivity contribution >= 4 is 17.3 Å². The highest BCUT2D eigenvalue weighted by Crippen LogP contribution is 2.39. The van der Waals surface area contributed by atoms with E-state index in [0.29, 0.717) is 0 Å². The predicted octanol–water partition coefficient (Wildman–Crippen LogP) is 3.90. The zero-order chi connectivity index (χ0) is 18.1. The van der Waals surface area contributed by atoms with Gasteiger partial charge in [0.05, 0.1) is 20.3 Å². The first-order chi connectivity index (χ1) is 12.7. The van der Waals surface area contributed by atoms with Crippen molar-refractivity contribution in [1.82, 2.24) is 14.8 Å². The molecule has 0 N–H and O–H groups in total. The molecule has 3 heterocycles. The molecule has 1 atom stereocenters. The van der Waals surface area contributed by atoms with Crippen molar-refractivity contribution in [3.8, 4) is 22.9 Å². The Balaban J connectivity index is 1.68. The van der Waals surface area contributed by atoms with E-state index < -0.39 is 0 Å². The molecule has 3 aromatic rings. The van der Waals surface area contributed by atoms with E-state index in [2.05, 4.69) is 48.6 Å². The van der Waals surface area contributed by atoms with E-state index in [1.54, 1.807) is 25.6 Å². The van der Waals surface area contributed by atoms with Crippen molar-refractivity contribution < 1.29 is 9.47 Å². The third kappa shape index (κ3) is 2.82. The van der Waals surface area contributed by atoms with Gasteiger partial charge in [0.1, 0.15) is 0 Å². The Bertz CT molecular complexity index is 891. The van der Waals surface area contributed by atoms with Gasteiger partial charge >= 0.3 is 0 Å². The number of ether oxygens (including phenoxy) is 2. The molecule has 7 heteroatoms. The second kappa shape index (κ2) is 6.99. The molecule has 26 heavy (non-hydrogen) atoms. The highest BCUT2D eigenvalue weighted by molar-refractivity contribution is 7.08. The number of hydrogen-bond donors (Lipinski definition) is 0. The molecule has 4 rings (SSSR count). The van der Waals surface area contributed by atoms with Crippen molar-refractivity contribution in [2.24, 2.45) is 7.05 Å². The molecular weight excluding hydrogens is 348 g/mol. The normalized spacial score (nSPS) is 16.9. The summed E-state index contributed by atoms with van der Waals surface area (Å²) in [5, 5.41) is 13.1. The number of aromatic nitrogens is 3. The van der Waals surface area contributed by atoms with Gasteiger partial charge in [-0.25, -0.2) is 0 Å². The summed E-state index contributed by atoms with van der Waals surface area (Å²) in [5.74, 6) is 3.32. The molecule has 1 saturated heterocycles. The van der Waals surface area contributed by atoms with Crippen LogP contribution in [0.3, 0.4) is 0 Å². The topological polar surface area (TPSA) is 52.4 Å². The Morgan fingerprint density at radius 1 is 1.12 bits per heavy atom. The number of methoxy groups -OCH3 is 2. The Labute approximate surface area is 157 Å². The molecule has 0 bridgehead atoms. The molecule has 1 aliphatic rings. The first kappa shape index (κ1) is 16.9. The van der Waals surface area contributed by atoms with Crippen molar-refractivity contribution in [3.05, 3.63) is 40.6 Å². The van der Waals surface area contributed by atoms with Gasteiger partial charge in [-0.2, -0.15) is 11.3 Å². The van der Waals surface area contributed by atoms with Crippen molar-refractivity contribution in [3.63, 3.8) is 0 Å². The van der Waals surface area contributed by atoms with Crippen molar-refractivity contribution in [2.75, 3.05) is 25.7 Å². The van der Waals surface area contributed by atoms with Crippen LogP contribution >= 0.6 is 11.3 Å². The van der Waals surface area contributed by atoms with Crippen LogP contribution in [0, 0.1) is 0 Å². The minimum absolute atomic E-state index is 0.257. The van der Waals surface area contributed by atoms with E-state index in [9.17, 15) is 0 Å². The predicted molar refractivity (Wildman–Crippen MR) is 103 cm³/mol. The molecule has 1 unspecified atom stereocenters. The number of benzene rings is 1. The van der Waals surface area contributed by atoms with Crippen LogP contribution in [0.5, 0.6) is 11.5 Å². The summed E-state index contributed by atoms with van der Waals surface area (Å²) in [4.78, 5) is 2.34. The molecule has 1 aromatic carbocycles. The molecule has 6 nitrogen and oxygen atoms in total. The zero-order valence-electron chi connectivity index (χ0n) is 15.2. The van der Waals surface area contributed by atoms with Crippen LogP contribution in [0.15, 0.2) is 35.0 Å². The second-order valence-corrected chi connectivity index (χ2v) is 7.14. The summed E-state index contributed by atoms with van der Waals surface area (Å²) < 4.78 is 12.9. The van der Waals surface area contributed by atoms with Crippen LogP contribution in [-0.2, 0) is 7.05 Å². The van der Waals surface area contributed by atoms with Gasteiger partial charge < -0.3 is 14.4 Å². The van der Waals surface area contributed by atoms with Gasteiger partial charge in [0.25, 0.3) is 0 Å². The fraction of sp³-hybridized carbons (Fsp3) is 0.368. The SMILES string of the molecule is COc1ccc(C2CCCN2c2nnc(-c3ccsc3)n2C)cc1OC. The van der Waals surface area contributed by atoms with Crippen LogP contribution in [0.2, 0.25) is 0 Å². The molecule has 2 aromatic heterocycles. The number of nitrogens with zero attached hydrogens (tertiary/aromatic N) is 4. The molecular formula is C19H22N4O2S. The van der Waals surface area contributed by atoms with Gasteiger partial charge in [0.2, 0.25) is 5.95 Å². The lowest BCUT2D eigenvalue weighted by Gasteiger charge is -2.26. The average Bonchev–Trinajstić information content (AvgIpc) is 3.41. The van der Waals surface area contributed by atoms with E-state index in [4.69, 9.17) is 9.47 Å². The summed E-state index contributed by atoms with van der Waals surface area (Å²) in [6, 6.07) is 8.48. The third-order valence-electron chi connectivity index (χ3n) is 4.93. The van der Waals surface area contributed by atoms with Gasteiger partial charge in [0.15, 0.2) is 17.3 Å². The summed E-state index contributed by atoms with van der Waals surface area (Å²) in [6.07, 6.45) is 2.20. The Morgan fingerprint density at radius 2 is 1.96 bits per heavy atom. The number of rotatable bonds is 5. The molecule has 136 valence electrons. The molecule has 1 aliphatic heterocycles. The fourth-order valence-electron chi connectivity index (χ4n) is 3.63. The lowest BCUT2D eigenvalue weighted by atomic mass is 10.0. The third-order valence-corrected chi connectivity index (χ3v) is 5.62. The van der Waals surface area contributed by atoms with Crippen LogP contribution in [-0.4, -0.2) is 35.5 Å². The number of thiophene rings is 1. The minimum atomic E-state index is 0.257. The average molecular weight is 370 g/mol. The lowest BCUT2D eigenvalue weighted by molar-refractivity contribution is 0.354. The fourth-order valence-corrected chi connectivity index (χ4v) is 4.26. The van der Waals surface area contributed by atoms with Crippen LogP contribution in [0.1, 0.15) is 24.4 Å². The van der Waals surface area contributed by atoms with Gasteiger partial charge in [-0.15, -0.1) is 10.2 Å². The molecule has 0 radical (unpaired) electrons. The maximum Gasteiger partial charge on any atom is 0.227 e. The van der Waals surface area contributed by atoms with Gasteiger partial charge in [-0.3, -0.25) is 4.57 Å². The summed E-state index contributed by atoms with van der Waals surface area (Å²) >= 11 is 1.67. The highest BCUT2D eigenvalue weighted by Gasteiger charge is 2.30. The van der Waals surface area contributed by atoms with Crippen LogP contribution in [0.4, 0.5) is 5.95 Å². The maximum atomic E-state index is 5.48. The van der Waals surface area contributed by atoms with E-state index in [-0.39, 0.29) is 6.04 Å². The Morgan fingerprint density at radius 3 is 2.69 bits per heavy atom. The standard InChI is InChI=1S/C19H22N4O2S/c1-22-18(14-8-10-26-12-14)20-21-19(22)23-9-4-5-15(23)13-6-7-16(24-2)17(11-13)25-3/h6-8,10-12,15H,4-5,9H2,1-3H3. The first-order valence-corrected chi connectivity index (χ1v) is 9.57. The Kier molecular flexibility index (Phi) is 4.55. The van der Waals surface area contributed by atoms with Crippen molar-refractivity contribution in [2.45, 2.75) is 18.9 Å². The van der Waals surface area contributed by atoms with Gasteiger partial charge in [-0.05, 0) is 42.0 Å².